The minimum absolute atomic E-state index is 0.0328. The van der Waals surface area contributed by atoms with Gasteiger partial charge in [-0.15, -0.1) is 0 Å². The van der Waals surface area contributed by atoms with Crippen molar-refractivity contribution in [2.45, 2.75) is 56.0 Å². The topological polar surface area (TPSA) is 56.2 Å². The molecule has 1 aromatic carbocycles. The summed E-state index contributed by atoms with van der Waals surface area (Å²) in [7, 11) is 0. The molecular formula is C21H23ClFN3O2. The van der Waals surface area contributed by atoms with Gasteiger partial charge in [0.2, 0.25) is 0 Å². The molecule has 4 aliphatic rings. The summed E-state index contributed by atoms with van der Waals surface area (Å²) < 4.78 is 21.1. The van der Waals surface area contributed by atoms with Crippen LogP contribution in [0.15, 0.2) is 30.7 Å². The van der Waals surface area contributed by atoms with E-state index in [4.69, 9.17) is 16.3 Å². The summed E-state index contributed by atoms with van der Waals surface area (Å²) in [6.07, 6.45) is 9.43. The summed E-state index contributed by atoms with van der Waals surface area (Å²) >= 11 is 5.65. The molecule has 148 valence electrons. The van der Waals surface area contributed by atoms with E-state index in [9.17, 15) is 9.18 Å². The minimum Gasteiger partial charge on any atom is -0.484 e. The predicted molar refractivity (Wildman–Crippen MR) is 103 cm³/mol. The van der Waals surface area contributed by atoms with Gasteiger partial charge in [0.05, 0.1) is 22.6 Å². The summed E-state index contributed by atoms with van der Waals surface area (Å²) in [4.78, 5) is 16.9. The molecule has 4 aliphatic carbocycles. The molecule has 6 rings (SSSR count). The maximum Gasteiger partial charge on any atom is 0.258 e. The number of halogens is 2. The Bertz CT molecular complexity index is 918. The van der Waals surface area contributed by atoms with Gasteiger partial charge in [-0.3, -0.25) is 4.79 Å². The highest BCUT2D eigenvalue weighted by molar-refractivity contribution is 6.30. The number of benzene rings is 1. The van der Waals surface area contributed by atoms with E-state index in [2.05, 4.69) is 28.0 Å². The molecule has 4 saturated carbocycles. The molecule has 1 amide bonds. The van der Waals surface area contributed by atoms with Crippen LogP contribution in [0.4, 0.5) is 4.39 Å². The highest BCUT2D eigenvalue weighted by atomic mass is 35.5. The van der Waals surface area contributed by atoms with E-state index in [0.717, 1.165) is 25.2 Å². The van der Waals surface area contributed by atoms with Crippen LogP contribution < -0.4 is 10.1 Å². The van der Waals surface area contributed by atoms with Crippen LogP contribution in [0.25, 0.3) is 0 Å². The van der Waals surface area contributed by atoms with E-state index in [0.29, 0.717) is 11.7 Å². The Morgan fingerprint density at radius 3 is 2.82 bits per heavy atom. The second-order valence-electron chi connectivity index (χ2n) is 8.93. The van der Waals surface area contributed by atoms with Crippen molar-refractivity contribution in [3.05, 3.63) is 47.3 Å². The molecule has 0 atom stereocenters. The van der Waals surface area contributed by atoms with Crippen LogP contribution in [0.2, 0.25) is 5.02 Å². The SMILES string of the molecule is CC1CC(c2cn(C34CC(NC(=O)COc5ccc(Cl)c(F)c5)(C3)C4)cn2)C1. The normalized spacial score (nSPS) is 32.7. The molecule has 28 heavy (non-hydrogen) atoms. The molecule has 7 heteroatoms. The largest absolute Gasteiger partial charge is 0.484 e. The maximum absolute atomic E-state index is 13.4. The molecule has 0 aliphatic heterocycles. The Kier molecular flexibility index (Phi) is 3.99. The highest BCUT2D eigenvalue weighted by Gasteiger charge is 2.69. The number of ether oxygens (including phenoxy) is 1. The standard InChI is InChI=1S/C21H23ClFN3O2/c1-13-4-14(5-13)18-7-26(12-24-18)21-9-20(10-21,11-21)25-19(27)8-28-15-2-3-16(22)17(23)6-15/h2-3,6-7,12-14H,4-5,8-11H2,1H3,(H,25,27). The predicted octanol–water partition coefficient (Wildman–Crippen LogP) is 4.02. The van der Waals surface area contributed by atoms with E-state index in [1.807, 2.05) is 6.33 Å². The summed E-state index contributed by atoms with van der Waals surface area (Å²) in [6, 6.07) is 4.15. The van der Waals surface area contributed by atoms with Crippen molar-refractivity contribution in [3.63, 3.8) is 0 Å². The fraction of sp³-hybridized carbons (Fsp3) is 0.524. The first kappa shape index (κ1) is 18.0. The van der Waals surface area contributed by atoms with Gasteiger partial charge in [0, 0.05) is 23.7 Å². The Morgan fingerprint density at radius 1 is 1.39 bits per heavy atom. The van der Waals surface area contributed by atoms with Crippen LogP contribution >= 0.6 is 11.6 Å². The molecule has 0 unspecified atom stereocenters. The molecule has 0 radical (unpaired) electrons. The number of aromatic nitrogens is 2. The Labute approximate surface area is 168 Å². The molecule has 5 nitrogen and oxygen atoms in total. The quantitative estimate of drug-likeness (QED) is 0.792. The summed E-state index contributed by atoms with van der Waals surface area (Å²) in [5, 5.41) is 3.12. The number of nitrogens with one attached hydrogen (secondary N) is 1. The van der Waals surface area contributed by atoms with Crippen molar-refractivity contribution in [1.29, 1.82) is 0 Å². The van der Waals surface area contributed by atoms with Crippen molar-refractivity contribution in [2.24, 2.45) is 5.92 Å². The first-order valence-electron chi connectivity index (χ1n) is 9.80. The van der Waals surface area contributed by atoms with Crippen molar-refractivity contribution in [2.75, 3.05) is 6.61 Å². The molecule has 2 bridgehead atoms. The number of imidazole rings is 1. The van der Waals surface area contributed by atoms with Crippen LogP contribution in [0, 0.1) is 11.7 Å². The highest BCUT2D eigenvalue weighted by Crippen LogP contribution is 2.65. The van der Waals surface area contributed by atoms with Crippen LogP contribution in [-0.2, 0) is 10.3 Å². The van der Waals surface area contributed by atoms with Gasteiger partial charge < -0.3 is 14.6 Å². The fourth-order valence-corrected chi connectivity index (χ4v) is 5.26. The average molecular weight is 404 g/mol. The van der Waals surface area contributed by atoms with Gasteiger partial charge in [0.1, 0.15) is 11.6 Å². The number of carbonyl (C=O) groups excluding carboxylic acids is 1. The number of hydrogen-bond acceptors (Lipinski definition) is 3. The summed E-state index contributed by atoms with van der Waals surface area (Å²) in [6.45, 7) is 2.15. The van der Waals surface area contributed by atoms with Crippen LogP contribution in [0.5, 0.6) is 5.75 Å². The van der Waals surface area contributed by atoms with E-state index < -0.39 is 5.82 Å². The Morgan fingerprint density at radius 2 is 2.14 bits per heavy atom. The monoisotopic (exact) mass is 403 g/mol. The lowest BCUT2D eigenvalue weighted by Crippen LogP contribution is -2.78. The zero-order valence-electron chi connectivity index (χ0n) is 15.8. The third-order valence-corrected chi connectivity index (χ3v) is 6.92. The van der Waals surface area contributed by atoms with Gasteiger partial charge in [-0.05, 0) is 50.2 Å². The van der Waals surface area contributed by atoms with Crippen LogP contribution in [0.3, 0.4) is 0 Å². The maximum atomic E-state index is 13.4. The smallest absolute Gasteiger partial charge is 0.258 e. The molecule has 1 aromatic heterocycles. The number of rotatable bonds is 6. The third-order valence-electron chi connectivity index (χ3n) is 6.61. The number of carbonyl (C=O) groups is 1. The Hall–Kier alpha value is -2.08. The van der Waals surface area contributed by atoms with Crippen LogP contribution in [-0.4, -0.2) is 27.6 Å². The fourth-order valence-electron chi connectivity index (χ4n) is 5.14. The second-order valence-corrected chi connectivity index (χ2v) is 9.33. The third kappa shape index (κ3) is 2.89. The minimum atomic E-state index is -0.558. The van der Waals surface area contributed by atoms with Gasteiger partial charge in [-0.2, -0.15) is 0 Å². The second kappa shape index (κ2) is 6.21. The lowest BCUT2D eigenvalue weighted by atomic mass is 9.44. The molecular weight excluding hydrogens is 381 g/mol. The Balaban J connectivity index is 1.12. The van der Waals surface area contributed by atoms with Gasteiger partial charge >= 0.3 is 0 Å². The number of nitrogens with zero attached hydrogens (tertiary/aromatic N) is 2. The number of hydrogen-bond donors (Lipinski definition) is 1. The van der Waals surface area contributed by atoms with E-state index in [1.54, 1.807) is 6.07 Å². The van der Waals surface area contributed by atoms with Gasteiger partial charge in [-0.25, -0.2) is 9.37 Å². The van der Waals surface area contributed by atoms with Gasteiger partial charge in [0.25, 0.3) is 5.91 Å². The zero-order chi connectivity index (χ0) is 19.5. The van der Waals surface area contributed by atoms with Gasteiger partial charge in [-0.1, -0.05) is 18.5 Å². The van der Waals surface area contributed by atoms with Gasteiger partial charge in [0.15, 0.2) is 6.61 Å². The summed E-state index contributed by atoms with van der Waals surface area (Å²) in [5.74, 6) is 0.986. The molecule has 1 heterocycles. The first-order valence-corrected chi connectivity index (χ1v) is 10.2. The lowest BCUT2D eigenvalue weighted by Gasteiger charge is -2.70. The molecule has 0 saturated heterocycles. The van der Waals surface area contributed by atoms with Crippen molar-refractivity contribution >= 4 is 17.5 Å². The first-order chi connectivity index (χ1) is 13.4. The van der Waals surface area contributed by atoms with Crippen molar-refractivity contribution < 1.29 is 13.9 Å². The molecule has 4 fully saturated rings. The molecule has 2 aromatic rings. The lowest BCUT2D eigenvalue weighted by molar-refractivity contribution is -0.156. The molecule has 0 spiro atoms. The van der Waals surface area contributed by atoms with Crippen molar-refractivity contribution in [1.82, 2.24) is 14.9 Å². The van der Waals surface area contributed by atoms with Crippen molar-refractivity contribution in [3.8, 4) is 5.75 Å². The number of amides is 1. The molecule has 1 N–H and O–H groups in total. The van der Waals surface area contributed by atoms with E-state index in [-0.39, 0.29) is 28.6 Å². The van der Waals surface area contributed by atoms with E-state index in [1.165, 1.54) is 30.7 Å². The zero-order valence-corrected chi connectivity index (χ0v) is 16.5. The summed E-state index contributed by atoms with van der Waals surface area (Å²) in [5.41, 5.74) is 1.21. The average Bonchev–Trinajstić information content (AvgIpc) is 3.04. The van der Waals surface area contributed by atoms with E-state index >= 15 is 0 Å². The van der Waals surface area contributed by atoms with Crippen LogP contribution in [0.1, 0.15) is 50.6 Å².